The molecule has 2 saturated heterocycles. The molecular formula is C36H40N10O4. The quantitative estimate of drug-likeness (QED) is 0.232. The number of piperidine rings is 1. The summed E-state index contributed by atoms with van der Waals surface area (Å²) in [5.74, 6) is 0.483. The van der Waals surface area contributed by atoms with E-state index < -0.39 is 0 Å². The molecule has 1 unspecified atom stereocenters. The average molecular weight is 677 g/mol. The smallest absolute Gasteiger partial charge is 0.260 e. The van der Waals surface area contributed by atoms with Crippen LogP contribution in [0.5, 0.6) is 5.75 Å². The van der Waals surface area contributed by atoms with Crippen LogP contribution in [0.2, 0.25) is 0 Å². The van der Waals surface area contributed by atoms with E-state index in [1.54, 1.807) is 30.1 Å². The zero-order valence-electron chi connectivity index (χ0n) is 28.0. The predicted octanol–water partition coefficient (Wildman–Crippen LogP) is 3.81. The summed E-state index contributed by atoms with van der Waals surface area (Å²) in [5.41, 5.74) is 3.67. The third kappa shape index (κ3) is 6.38. The summed E-state index contributed by atoms with van der Waals surface area (Å²) in [5, 5.41) is 15.4. The van der Waals surface area contributed by atoms with Crippen molar-refractivity contribution in [2.24, 2.45) is 5.92 Å². The highest BCUT2D eigenvalue weighted by Gasteiger charge is 2.30. The summed E-state index contributed by atoms with van der Waals surface area (Å²) in [6.07, 6.45) is 12.4. The van der Waals surface area contributed by atoms with Gasteiger partial charge in [0.2, 0.25) is 11.8 Å². The first kappa shape index (κ1) is 31.9. The Morgan fingerprint density at radius 2 is 1.84 bits per heavy atom. The first-order chi connectivity index (χ1) is 24.4. The lowest BCUT2D eigenvalue weighted by Crippen LogP contribution is -2.48. The molecule has 1 saturated carbocycles. The van der Waals surface area contributed by atoms with Crippen molar-refractivity contribution in [3.8, 4) is 5.75 Å². The molecule has 2 aliphatic heterocycles. The van der Waals surface area contributed by atoms with Crippen molar-refractivity contribution in [2.75, 3.05) is 50.1 Å². The number of pyridine rings is 1. The third-order valence-corrected chi connectivity index (χ3v) is 10.4. The zero-order valence-corrected chi connectivity index (χ0v) is 28.0. The first-order valence-electron chi connectivity index (χ1n) is 17.4. The Hall–Kier alpha value is -5.37. The number of nitrogens with zero attached hydrogens (tertiary/aromatic N) is 8. The minimum atomic E-state index is -0.357. The molecule has 6 heterocycles. The average Bonchev–Trinajstić information content (AvgIpc) is 3.76. The SMILES string of the molecule is COc1cc2nn(C3CCC(CN4CCN(c5ccc(C6CCC(=O)NC6=O)nc5)CC4)CC3)cc2cc1C(=O)Nc1cnc2cccnn12. The van der Waals surface area contributed by atoms with Crippen LogP contribution in [-0.2, 0) is 9.59 Å². The van der Waals surface area contributed by atoms with Crippen LogP contribution in [0.3, 0.4) is 0 Å². The van der Waals surface area contributed by atoms with Crippen molar-refractivity contribution in [1.29, 1.82) is 0 Å². The summed E-state index contributed by atoms with van der Waals surface area (Å²) in [6.45, 7) is 4.99. The highest BCUT2D eigenvalue weighted by atomic mass is 16.5. The van der Waals surface area contributed by atoms with Gasteiger partial charge in [-0.25, -0.2) is 4.98 Å². The fraction of sp³-hybridized carbons (Fsp3) is 0.417. The van der Waals surface area contributed by atoms with Crippen molar-refractivity contribution in [3.63, 3.8) is 0 Å². The van der Waals surface area contributed by atoms with Gasteiger partial charge in [-0.2, -0.15) is 14.7 Å². The van der Waals surface area contributed by atoms with Gasteiger partial charge in [-0.05, 0) is 68.4 Å². The van der Waals surface area contributed by atoms with E-state index in [0.29, 0.717) is 47.6 Å². The number of aromatic nitrogens is 6. The van der Waals surface area contributed by atoms with Gasteiger partial charge in [-0.3, -0.25) is 34.3 Å². The van der Waals surface area contributed by atoms with Crippen molar-refractivity contribution in [3.05, 3.63) is 72.4 Å². The maximum absolute atomic E-state index is 13.3. The number of ether oxygens (including phenoxy) is 1. The molecule has 3 amide bonds. The highest BCUT2D eigenvalue weighted by molar-refractivity contribution is 6.08. The van der Waals surface area contributed by atoms with Crippen molar-refractivity contribution in [1.82, 2.24) is 39.6 Å². The molecule has 0 radical (unpaired) electrons. The Morgan fingerprint density at radius 3 is 2.60 bits per heavy atom. The monoisotopic (exact) mass is 676 g/mol. The van der Waals surface area contributed by atoms with Crippen LogP contribution < -0.4 is 20.3 Å². The maximum atomic E-state index is 13.3. The number of rotatable bonds is 8. The molecule has 0 spiro atoms. The predicted molar refractivity (Wildman–Crippen MR) is 186 cm³/mol. The van der Waals surface area contributed by atoms with Gasteiger partial charge in [0.25, 0.3) is 5.91 Å². The number of imidazole rings is 1. The van der Waals surface area contributed by atoms with E-state index in [1.807, 2.05) is 36.5 Å². The largest absolute Gasteiger partial charge is 0.496 e. The molecule has 0 bridgehead atoms. The molecule has 14 heteroatoms. The van der Waals surface area contributed by atoms with Gasteiger partial charge < -0.3 is 15.0 Å². The second-order valence-corrected chi connectivity index (χ2v) is 13.5. The van der Waals surface area contributed by atoms with E-state index in [2.05, 4.69) is 46.4 Å². The molecule has 3 fully saturated rings. The Balaban J connectivity index is 0.840. The van der Waals surface area contributed by atoms with Gasteiger partial charge >= 0.3 is 0 Å². The van der Waals surface area contributed by atoms with E-state index >= 15 is 0 Å². The van der Waals surface area contributed by atoms with Gasteiger partial charge in [-0.1, -0.05) is 0 Å². The zero-order chi connectivity index (χ0) is 34.2. The number of imide groups is 1. The van der Waals surface area contributed by atoms with Gasteiger partial charge in [0, 0.05) is 63.0 Å². The van der Waals surface area contributed by atoms with Gasteiger partial charge in [0.1, 0.15) is 5.75 Å². The van der Waals surface area contributed by atoms with Gasteiger partial charge in [-0.15, -0.1) is 0 Å². The van der Waals surface area contributed by atoms with E-state index in [-0.39, 0.29) is 23.6 Å². The molecule has 4 aromatic heterocycles. The van der Waals surface area contributed by atoms with Crippen LogP contribution in [0.15, 0.2) is 61.2 Å². The summed E-state index contributed by atoms with van der Waals surface area (Å²) in [4.78, 5) is 50.9. The fourth-order valence-corrected chi connectivity index (χ4v) is 7.62. The molecule has 5 aromatic rings. The number of amides is 3. The molecule has 8 rings (SSSR count). The van der Waals surface area contributed by atoms with Crippen molar-refractivity contribution < 1.29 is 19.1 Å². The minimum Gasteiger partial charge on any atom is -0.496 e. The van der Waals surface area contributed by atoms with Gasteiger partial charge in [0.05, 0.1) is 53.9 Å². The van der Waals surface area contributed by atoms with Crippen molar-refractivity contribution in [2.45, 2.75) is 50.5 Å². The van der Waals surface area contributed by atoms with E-state index in [4.69, 9.17) is 9.84 Å². The normalized spacial score (nSPS) is 21.8. The van der Waals surface area contributed by atoms with Crippen LogP contribution in [0.1, 0.15) is 66.5 Å². The molecule has 1 aromatic carbocycles. The molecule has 14 nitrogen and oxygen atoms in total. The number of hydrogen-bond acceptors (Lipinski definition) is 10. The van der Waals surface area contributed by atoms with E-state index in [9.17, 15) is 14.4 Å². The maximum Gasteiger partial charge on any atom is 0.260 e. The number of carbonyl (C=O) groups excluding carboxylic acids is 3. The van der Waals surface area contributed by atoms with Crippen LogP contribution in [-0.4, -0.2) is 91.8 Å². The first-order valence-corrected chi connectivity index (χ1v) is 17.4. The summed E-state index contributed by atoms with van der Waals surface area (Å²) < 4.78 is 9.27. The second-order valence-electron chi connectivity index (χ2n) is 13.5. The minimum absolute atomic E-state index is 0.209. The van der Waals surface area contributed by atoms with E-state index in [0.717, 1.165) is 80.7 Å². The number of hydrogen-bond donors (Lipinski definition) is 2. The number of benzene rings is 1. The Bertz CT molecular complexity index is 2040. The van der Waals surface area contributed by atoms with Crippen LogP contribution in [0.25, 0.3) is 16.6 Å². The molecule has 50 heavy (non-hydrogen) atoms. The number of piperazine rings is 1. The number of nitrogens with one attached hydrogen (secondary N) is 2. The molecule has 3 aliphatic rings. The Kier molecular flexibility index (Phi) is 8.61. The summed E-state index contributed by atoms with van der Waals surface area (Å²) in [7, 11) is 1.56. The van der Waals surface area contributed by atoms with Crippen LogP contribution in [0.4, 0.5) is 11.5 Å². The number of fused-ring (bicyclic) bond motifs is 2. The number of carbonyl (C=O) groups is 3. The second kappa shape index (κ2) is 13.5. The summed E-state index contributed by atoms with van der Waals surface area (Å²) in [6, 6.07) is 11.6. The molecule has 1 aliphatic carbocycles. The molecular weight excluding hydrogens is 636 g/mol. The standard InChI is InChI=1S/C36H40N10O4/c1-50-31-18-30-24(17-28(31)36(49)40-33-20-38-32-3-2-12-39-46(32)33)22-45(42-30)25-6-4-23(5-7-25)21-43-13-15-44(16-14-43)26-8-10-29(37-19-26)27-9-11-34(47)41-35(27)48/h2-3,8,10,12,17-20,22-23,25,27H,4-7,9,11,13-16,21H2,1H3,(H,40,49)(H,41,47,48). The lowest BCUT2D eigenvalue weighted by atomic mass is 9.85. The molecule has 1 atom stereocenters. The van der Waals surface area contributed by atoms with E-state index in [1.165, 1.54) is 0 Å². The van der Waals surface area contributed by atoms with Crippen LogP contribution in [0, 0.1) is 5.92 Å². The highest BCUT2D eigenvalue weighted by Crippen LogP contribution is 2.35. The Morgan fingerprint density at radius 1 is 1.00 bits per heavy atom. The number of anilines is 2. The Labute approximate surface area is 288 Å². The lowest BCUT2D eigenvalue weighted by molar-refractivity contribution is -0.134. The van der Waals surface area contributed by atoms with Crippen molar-refractivity contribution >= 4 is 45.8 Å². The molecule has 2 N–H and O–H groups in total. The van der Waals surface area contributed by atoms with Gasteiger partial charge in [0.15, 0.2) is 11.5 Å². The third-order valence-electron chi connectivity index (χ3n) is 10.4. The molecule has 258 valence electrons. The lowest BCUT2D eigenvalue weighted by Gasteiger charge is -2.39. The topological polar surface area (TPSA) is 152 Å². The fourth-order valence-electron chi connectivity index (χ4n) is 7.62. The summed E-state index contributed by atoms with van der Waals surface area (Å²) >= 11 is 0. The number of methoxy groups -OCH3 is 1. The van der Waals surface area contributed by atoms with Crippen LogP contribution >= 0.6 is 0 Å².